The number of halogens is 2. The number of benzene rings is 1. The molecule has 3 nitrogen and oxygen atoms in total. The lowest BCUT2D eigenvalue weighted by atomic mass is 10.2. The molecule has 0 radical (unpaired) electrons. The van der Waals surface area contributed by atoms with Gasteiger partial charge in [0.15, 0.2) is 0 Å². The topological polar surface area (TPSA) is 41.1 Å². The van der Waals surface area contributed by atoms with Crippen molar-refractivity contribution in [2.24, 2.45) is 0 Å². The normalized spacial score (nSPS) is 12.0. The summed E-state index contributed by atoms with van der Waals surface area (Å²) in [4.78, 5) is 11.8. The largest absolute Gasteiger partial charge is 0.373 e. The molecule has 5 heteroatoms. The van der Waals surface area contributed by atoms with Crippen molar-refractivity contribution in [1.82, 2.24) is 5.32 Å². The van der Waals surface area contributed by atoms with Gasteiger partial charge in [-0.1, -0.05) is 19.8 Å². The molecule has 19 heavy (non-hydrogen) atoms. The molecule has 0 aromatic heterocycles. The Morgan fingerprint density at radius 2 is 2.16 bits per heavy atom. The molecule has 2 N–H and O–H groups in total. The van der Waals surface area contributed by atoms with Gasteiger partial charge in [-0.3, -0.25) is 4.79 Å². The average Bonchev–Trinajstić information content (AvgIpc) is 2.37. The molecule has 0 bridgehead atoms. The van der Waals surface area contributed by atoms with Crippen molar-refractivity contribution in [2.75, 3.05) is 11.9 Å². The molecule has 1 amide bonds. The number of carbonyl (C=O) groups is 1. The third-order valence-electron chi connectivity index (χ3n) is 2.78. The first-order valence-electron chi connectivity index (χ1n) is 6.54. The second kappa shape index (κ2) is 8.15. The van der Waals surface area contributed by atoms with Gasteiger partial charge in [0, 0.05) is 16.7 Å². The Hall–Kier alpha value is -1.10. The van der Waals surface area contributed by atoms with Crippen molar-refractivity contribution in [1.29, 1.82) is 0 Å². The summed E-state index contributed by atoms with van der Waals surface area (Å²) < 4.78 is 13.6. The molecule has 1 atom stereocenters. The lowest BCUT2D eigenvalue weighted by Crippen LogP contribution is -2.38. The molecule has 1 unspecified atom stereocenters. The van der Waals surface area contributed by atoms with Crippen LogP contribution in [0.3, 0.4) is 0 Å². The number of nitrogens with one attached hydrogen (secondary N) is 2. The van der Waals surface area contributed by atoms with Crippen molar-refractivity contribution in [2.45, 2.75) is 39.2 Å². The van der Waals surface area contributed by atoms with E-state index in [9.17, 15) is 9.18 Å². The molecule has 0 spiro atoms. The summed E-state index contributed by atoms with van der Waals surface area (Å²) in [5.41, 5.74) is 0.706. The summed E-state index contributed by atoms with van der Waals surface area (Å²) in [7, 11) is 0. The number of hydrogen-bond donors (Lipinski definition) is 2. The van der Waals surface area contributed by atoms with Crippen LogP contribution in [-0.2, 0) is 4.79 Å². The molecule has 1 aromatic rings. The lowest BCUT2D eigenvalue weighted by molar-refractivity contribution is -0.121. The minimum Gasteiger partial charge on any atom is -0.373 e. The Morgan fingerprint density at radius 3 is 2.79 bits per heavy atom. The number of amides is 1. The SMILES string of the molecule is CCCCCNC(=O)C(C)Nc1ccc(F)cc1Br. The molecule has 0 fully saturated rings. The van der Waals surface area contributed by atoms with E-state index < -0.39 is 0 Å². The van der Waals surface area contributed by atoms with Crippen LogP contribution in [0.5, 0.6) is 0 Å². The lowest BCUT2D eigenvalue weighted by Gasteiger charge is -2.16. The van der Waals surface area contributed by atoms with Crippen LogP contribution < -0.4 is 10.6 Å². The van der Waals surface area contributed by atoms with Crippen LogP contribution in [0, 0.1) is 5.82 Å². The number of unbranched alkanes of at least 4 members (excludes halogenated alkanes) is 2. The summed E-state index contributed by atoms with van der Waals surface area (Å²) >= 11 is 3.26. The maximum atomic E-state index is 12.9. The van der Waals surface area contributed by atoms with Crippen molar-refractivity contribution in [3.05, 3.63) is 28.5 Å². The molecule has 0 aliphatic heterocycles. The minimum absolute atomic E-state index is 0.0488. The first-order valence-corrected chi connectivity index (χ1v) is 7.33. The van der Waals surface area contributed by atoms with Crippen LogP contribution in [0.4, 0.5) is 10.1 Å². The Balaban J connectivity index is 2.45. The average molecular weight is 331 g/mol. The summed E-state index contributed by atoms with van der Waals surface area (Å²) in [5, 5.41) is 5.93. The van der Waals surface area contributed by atoms with Gasteiger partial charge in [0.2, 0.25) is 5.91 Å². The van der Waals surface area contributed by atoms with Gasteiger partial charge in [-0.25, -0.2) is 4.39 Å². The fraction of sp³-hybridized carbons (Fsp3) is 0.500. The van der Waals surface area contributed by atoms with Gasteiger partial charge in [-0.2, -0.15) is 0 Å². The highest BCUT2D eigenvalue weighted by atomic mass is 79.9. The highest BCUT2D eigenvalue weighted by Gasteiger charge is 2.13. The zero-order valence-electron chi connectivity index (χ0n) is 11.3. The number of anilines is 1. The van der Waals surface area contributed by atoms with Crippen molar-refractivity contribution >= 4 is 27.5 Å². The van der Waals surface area contributed by atoms with Gasteiger partial charge in [0.25, 0.3) is 0 Å². The molecule has 0 saturated heterocycles. The monoisotopic (exact) mass is 330 g/mol. The van der Waals surface area contributed by atoms with Crippen molar-refractivity contribution in [3.8, 4) is 0 Å². The van der Waals surface area contributed by atoms with E-state index in [1.807, 2.05) is 0 Å². The molecule has 0 heterocycles. The summed E-state index contributed by atoms with van der Waals surface area (Å²) in [6.45, 7) is 4.60. The number of carbonyl (C=O) groups excluding carboxylic acids is 1. The molecular weight excluding hydrogens is 311 g/mol. The Morgan fingerprint density at radius 1 is 1.42 bits per heavy atom. The van der Waals surface area contributed by atoms with Gasteiger partial charge in [-0.05, 0) is 47.5 Å². The zero-order valence-corrected chi connectivity index (χ0v) is 12.9. The van der Waals surface area contributed by atoms with E-state index >= 15 is 0 Å². The van der Waals surface area contributed by atoms with Crippen molar-refractivity contribution in [3.63, 3.8) is 0 Å². The first-order chi connectivity index (χ1) is 9.04. The first kappa shape index (κ1) is 16.0. The Bertz CT molecular complexity index is 426. The van der Waals surface area contributed by atoms with Crippen LogP contribution in [0.25, 0.3) is 0 Å². The van der Waals surface area contributed by atoms with Crippen LogP contribution >= 0.6 is 15.9 Å². The number of rotatable bonds is 7. The second-order valence-corrected chi connectivity index (χ2v) is 5.34. The predicted octanol–water partition coefficient (Wildman–Crippen LogP) is 3.70. The van der Waals surface area contributed by atoms with E-state index in [1.165, 1.54) is 12.1 Å². The summed E-state index contributed by atoms with van der Waals surface area (Å²) in [6.07, 6.45) is 3.24. The maximum Gasteiger partial charge on any atom is 0.242 e. The third kappa shape index (κ3) is 5.59. The predicted molar refractivity (Wildman–Crippen MR) is 79.7 cm³/mol. The standard InChI is InChI=1S/C14H20BrFN2O/c1-3-4-5-8-17-14(19)10(2)18-13-7-6-11(16)9-12(13)15/h6-7,9-10,18H,3-5,8H2,1-2H3,(H,17,19). The third-order valence-corrected chi connectivity index (χ3v) is 3.43. The van der Waals surface area contributed by atoms with Gasteiger partial charge in [0.1, 0.15) is 11.9 Å². The fourth-order valence-corrected chi connectivity index (χ4v) is 2.11. The quantitative estimate of drug-likeness (QED) is 0.748. The Kier molecular flexibility index (Phi) is 6.84. The molecule has 0 aliphatic rings. The van der Waals surface area contributed by atoms with E-state index in [4.69, 9.17) is 0 Å². The summed E-state index contributed by atoms with van der Waals surface area (Å²) in [5.74, 6) is -0.360. The molecule has 1 rings (SSSR count). The van der Waals surface area contributed by atoms with Gasteiger partial charge < -0.3 is 10.6 Å². The molecular formula is C14H20BrFN2O. The summed E-state index contributed by atoms with van der Waals surface area (Å²) in [6, 6.07) is 3.98. The van der Waals surface area contributed by atoms with E-state index in [1.54, 1.807) is 13.0 Å². The van der Waals surface area contributed by atoms with E-state index in [-0.39, 0.29) is 17.8 Å². The van der Waals surface area contributed by atoms with E-state index in [0.717, 1.165) is 19.3 Å². The Labute approximate surface area is 122 Å². The zero-order chi connectivity index (χ0) is 14.3. The van der Waals surface area contributed by atoms with Gasteiger partial charge in [0.05, 0.1) is 0 Å². The second-order valence-electron chi connectivity index (χ2n) is 4.49. The highest BCUT2D eigenvalue weighted by Crippen LogP contribution is 2.23. The number of hydrogen-bond acceptors (Lipinski definition) is 2. The van der Waals surface area contributed by atoms with Crippen LogP contribution in [0.1, 0.15) is 33.1 Å². The van der Waals surface area contributed by atoms with Crippen molar-refractivity contribution < 1.29 is 9.18 Å². The van der Waals surface area contributed by atoms with Crippen LogP contribution in [-0.4, -0.2) is 18.5 Å². The molecule has 106 valence electrons. The van der Waals surface area contributed by atoms with E-state index in [0.29, 0.717) is 16.7 Å². The van der Waals surface area contributed by atoms with Crippen LogP contribution in [0.2, 0.25) is 0 Å². The van der Waals surface area contributed by atoms with Crippen LogP contribution in [0.15, 0.2) is 22.7 Å². The molecule has 0 saturated carbocycles. The maximum absolute atomic E-state index is 12.9. The minimum atomic E-state index is -0.358. The molecule has 0 aliphatic carbocycles. The fourth-order valence-electron chi connectivity index (χ4n) is 1.65. The highest BCUT2D eigenvalue weighted by molar-refractivity contribution is 9.10. The van der Waals surface area contributed by atoms with Gasteiger partial charge in [-0.15, -0.1) is 0 Å². The smallest absolute Gasteiger partial charge is 0.242 e. The van der Waals surface area contributed by atoms with E-state index in [2.05, 4.69) is 33.5 Å². The van der Waals surface area contributed by atoms with Gasteiger partial charge >= 0.3 is 0 Å². The molecule has 1 aromatic carbocycles.